The van der Waals surface area contributed by atoms with Crippen molar-refractivity contribution in [2.45, 2.75) is 20.8 Å². The first-order chi connectivity index (χ1) is 6.88. The van der Waals surface area contributed by atoms with Gasteiger partial charge in [-0.15, -0.1) is 0 Å². The van der Waals surface area contributed by atoms with E-state index in [2.05, 4.69) is 6.64 Å². The van der Waals surface area contributed by atoms with Crippen molar-refractivity contribution in [3.8, 4) is 0 Å². The van der Waals surface area contributed by atoms with Gasteiger partial charge >= 0.3 is 40.8 Å². The van der Waals surface area contributed by atoms with E-state index in [0.29, 0.717) is 0 Å². The monoisotopic (exact) mass is 252 g/mol. The quantitative estimate of drug-likeness (QED) is 0.528. The van der Waals surface area contributed by atoms with Crippen molar-refractivity contribution >= 4 is 17.3 Å². The molecule has 0 aromatic heterocycles. The third-order valence-electron chi connectivity index (χ3n) is 1.39. The van der Waals surface area contributed by atoms with E-state index in [0.717, 1.165) is 0 Å². The number of carbonyl (C=O) groups excluding carboxylic acids is 3. The molecule has 0 rings (SSSR count). The molecule has 0 bridgehead atoms. The van der Waals surface area contributed by atoms with E-state index in [1.165, 1.54) is 20.8 Å². The molecule has 0 aromatic rings. The molecular weight excluding hydrogens is 236 g/mol. The van der Waals surface area contributed by atoms with Crippen LogP contribution in [0.3, 0.4) is 0 Å². The zero-order valence-electron chi connectivity index (χ0n) is 9.62. The Hall–Kier alpha value is -0.356. The Morgan fingerprint density at radius 2 is 1.13 bits per heavy atom. The van der Waals surface area contributed by atoms with Crippen molar-refractivity contribution < 1.29 is 40.9 Å². The number of rotatable bonds is 5. The van der Waals surface area contributed by atoms with Crippen LogP contribution in [0.15, 0.2) is 0 Å². The molecule has 0 aliphatic rings. The topological polar surface area (TPSA) is 69.7 Å². The second kappa shape index (κ2) is 10.2. The number of hydrogen-bond donors (Lipinski definition) is 0. The van der Waals surface area contributed by atoms with Crippen LogP contribution in [0.2, 0.25) is 0 Å². The first-order valence-electron chi connectivity index (χ1n) is 4.20. The fraction of sp³-hybridized carbons (Fsp3) is 0.667. The van der Waals surface area contributed by atoms with Crippen molar-refractivity contribution in [3.63, 3.8) is 0 Å². The maximum absolute atomic E-state index is 10.6. The Bertz CT molecular complexity index is 191. The van der Waals surface area contributed by atoms with Gasteiger partial charge in [-0.1, -0.05) is 0 Å². The van der Waals surface area contributed by atoms with E-state index in [1.807, 2.05) is 0 Å². The molecule has 0 aliphatic heterocycles. The third-order valence-corrected chi connectivity index (χ3v) is 1.91. The summed E-state index contributed by atoms with van der Waals surface area (Å²) in [7, 11) is 3.28. The van der Waals surface area contributed by atoms with E-state index in [-0.39, 0.29) is 17.3 Å². The summed E-state index contributed by atoms with van der Waals surface area (Å²) in [5.74, 6) is -2.15. The van der Waals surface area contributed by atoms with Crippen molar-refractivity contribution in [2.24, 2.45) is 5.92 Å². The number of ketones is 3. The van der Waals surface area contributed by atoms with Crippen LogP contribution in [-0.2, 0) is 40.9 Å². The molecule has 0 heterocycles. The van der Waals surface area contributed by atoms with Crippen LogP contribution in [0.1, 0.15) is 20.8 Å². The fourth-order valence-corrected chi connectivity index (χ4v) is 1.20. The van der Waals surface area contributed by atoms with Crippen LogP contribution in [0.25, 0.3) is 0 Å². The molecule has 0 atom stereocenters. The second-order valence-corrected chi connectivity index (χ2v) is 4.29. The van der Waals surface area contributed by atoms with Gasteiger partial charge in [0.2, 0.25) is 0 Å². The first-order valence-corrected chi connectivity index (χ1v) is 5.48. The molecule has 0 saturated heterocycles. The van der Waals surface area contributed by atoms with Crippen molar-refractivity contribution in [1.82, 2.24) is 0 Å². The summed E-state index contributed by atoms with van der Waals surface area (Å²) in [4.78, 5) is 31.8. The Balaban J connectivity index is 0. The van der Waals surface area contributed by atoms with Gasteiger partial charge in [0.15, 0.2) is 0 Å². The number of Topliss-reactive ketones (excluding diaryl/α,β-unsaturated/α-hetero) is 3. The minimum absolute atomic E-state index is 0.375. The average molecular weight is 252 g/mol. The van der Waals surface area contributed by atoms with E-state index in [1.54, 1.807) is 14.2 Å². The molecular formula is C9H16O5Ti. The molecule has 0 aliphatic carbocycles. The van der Waals surface area contributed by atoms with Gasteiger partial charge in [-0.2, -0.15) is 0 Å². The zero-order chi connectivity index (χ0) is 12.4. The molecule has 0 amide bonds. The summed E-state index contributed by atoms with van der Waals surface area (Å²) in [5, 5.41) is 0. The van der Waals surface area contributed by atoms with E-state index >= 15 is 0 Å². The van der Waals surface area contributed by atoms with Crippen LogP contribution >= 0.6 is 0 Å². The molecule has 15 heavy (non-hydrogen) atoms. The Morgan fingerprint density at radius 1 is 0.867 bits per heavy atom. The van der Waals surface area contributed by atoms with Gasteiger partial charge in [0.05, 0.1) is 0 Å². The summed E-state index contributed by atoms with van der Waals surface area (Å²) >= 11 is -0.472. The van der Waals surface area contributed by atoms with Crippen LogP contribution in [-0.4, -0.2) is 31.6 Å². The summed E-state index contributed by atoms with van der Waals surface area (Å²) in [6, 6.07) is 0. The predicted octanol–water partition coefficient (Wildman–Crippen LogP) is 0.561. The molecule has 0 aromatic carbocycles. The van der Waals surface area contributed by atoms with Gasteiger partial charge in [0, 0.05) is 0 Å². The standard InChI is InChI=1S/C7H10O3.2CH3O.Ti/c1-4(8)7(5(2)9)6(3)10;2*1-2;/h7H,1-3H3;2*1H3;/q;2*-1;+2. The van der Waals surface area contributed by atoms with Crippen molar-refractivity contribution in [3.05, 3.63) is 0 Å². The van der Waals surface area contributed by atoms with Crippen LogP contribution < -0.4 is 0 Å². The van der Waals surface area contributed by atoms with E-state index < -0.39 is 25.8 Å². The first kappa shape index (κ1) is 17.1. The summed E-state index contributed by atoms with van der Waals surface area (Å²) in [6.45, 7) is 3.73. The SMILES string of the molecule is CC(=O)C(C(C)=O)C(C)=O.C[O][Ti][O]C. The van der Waals surface area contributed by atoms with Crippen LogP contribution in [0.4, 0.5) is 0 Å². The second-order valence-electron chi connectivity index (χ2n) is 2.76. The maximum atomic E-state index is 10.6. The molecule has 0 unspecified atom stereocenters. The normalized spacial score (nSPS) is 8.93. The third kappa shape index (κ3) is 9.94. The summed E-state index contributed by atoms with van der Waals surface area (Å²) in [5.41, 5.74) is 0. The van der Waals surface area contributed by atoms with Crippen LogP contribution in [0, 0.1) is 5.92 Å². The number of hydrogen-bond acceptors (Lipinski definition) is 5. The van der Waals surface area contributed by atoms with Crippen LogP contribution in [0.5, 0.6) is 0 Å². The number of carbonyl (C=O) groups is 3. The van der Waals surface area contributed by atoms with Gasteiger partial charge in [-0.25, -0.2) is 0 Å². The van der Waals surface area contributed by atoms with E-state index in [4.69, 9.17) is 0 Å². The molecule has 0 fully saturated rings. The van der Waals surface area contributed by atoms with Gasteiger partial charge in [0.25, 0.3) is 0 Å². The Morgan fingerprint density at radius 3 is 1.13 bits per heavy atom. The summed E-state index contributed by atoms with van der Waals surface area (Å²) in [6.07, 6.45) is 0. The molecule has 0 spiro atoms. The average Bonchev–Trinajstić information content (AvgIpc) is 2.03. The molecule has 6 heteroatoms. The Kier molecular flexibility index (Phi) is 11.6. The van der Waals surface area contributed by atoms with Crippen molar-refractivity contribution in [1.29, 1.82) is 0 Å². The molecule has 5 nitrogen and oxygen atoms in total. The summed E-state index contributed by atoms with van der Waals surface area (Å²) < 4.78 is 9.19. The van der Waals surface area contributed by atoms with E-state index in [9.17, 15) is 14.4 Å². The van der Waals surface area contributed by atoms with Gasteiger partial charge < -0.3 is 0 Å². The zero-order valence-corrected chi connectivity index (χ0v) is 11.2. The van der Waals surface area contributed by atoms with Crippen molar-refractivity contribution in [2.75, 3.05) is 14.2 Å². The van der Waals surface area contributed by atoms with Gasteiger partial charge in [-0.3, -0.25) is 14.4 Å². The minimum atomic E-state index is -1.03. The van der Waals surface area contributed by atoms with Gasteiger partial charge in [0.1, 0.15) is 23.3 Å². The molecule has 0 saturated carbocycles. The molecule has 0 radical (unpaired) electrons. The Labute approximate surface area is 99.4 Å². The predicted molar refractivity (Wildman–Crippen MR) is 49.6 cm³/mol. The fourth-order valence-electron chi connectivity index (χ4n) is 0.942. The van der Waals surface area contributed by atoms with Gasteiger partial charge in [-0.05, 0) is 20.8 Å². The molecule has 0 N–H and O–H groups in total. The molecule has 86 valence electrons.